The van der Waals surface area contributed by atoms with E-state index in [9.17, 15) is 0 Å². The number of ether oxygens (including phenoxy) is 1. The molecule has 0 saturated heterocycles. The van der Waals surface area contributed by atoms with Crippen molar-refractivity contribution < 1.29 is 4.74 Å². The van der Waals surface area contributed by atoms with E-state index in [1.165, 1.54) is 18.4 Å². The number of nitrogen functional groups attached to an aromatic ring is 1. The SMILES string of the molecule is CCc1cc(OC2(C)CC2)ccc1N. The maximum absolute atomic E-state index is 5.85. The van der Waals surface area contributed by atoms with Gasteiger partial charge >= 0.3 is 0 Å². The van der Waals surface area contributed by atoms with Crippen molar-refractivity contribution in [2.45, 2.75) is 38.7 Å². The third-order valence-corrected chi connectivity index (χ3v) is 2.81. The lowest BCUT2D eigenvalue weighted by molar-refractivity contribution is 0.200. The van der Waals surface area contributed by atoms with E-state index in [1.807, 2.05) is 12.1 Å². The first-order valence-corrected chi connectivity index (χ1v) is 5.20. The lowest BCUT2D eigenvalue weighted by atomic mass is 10.1. The second kappa shape index (κ2) is 3.19. The van der Waals surface area contributed by atoms with Gasteiger partial charge in [0.05, 0.1) is 0 Å². The Hall–Kier alpha value is -1.18. The third-order valence-electron chi connectivity index (χ3n) is 2.81. The molecule has 1 aliphatic rings. The summed E-state index contributed by atoms with van der Waals surface area (Å²) < 4.78 is 5.85. The molecular formula is C12H17NO. The predicted octanol–water partition coefficient (Wildman–Crippen LogP) is 2.76. The first kappa shape index (κ1) is 9.38. The van der Waals surface area contributed by atoms with Gasteiger partial charge in [-0.2, -0.15) is 0 Å². The van der Waals surface area contributed by atoms with Crippen LogP contribution < -0.4 is 10.5 Å². The minimum Gasteiger partial charge on any atom is -0.488 e. The van der Waals surface area contributed by atoms with Gasteiger partial charge in [0, 0.05) is 5.69 Å². The number of aryl methyl sites for hydroxylation is 1. The summed E-state index contributed by atoms with van der Waals surface area (Å²) in [5, 5.41) is 0. The van der Waals surface area contributed by atoms with Crippen LogP contribution in [0.1, 0.15) is 32.3 Å². The maximum Gasteiger partial charge on any atom is 0.120 e. The second-order valence-electron chi connectivity index (χ2n) is 4.27. The van der Waals surface area contributed by atoms with Crippen molar-refractivity contribution in [1.29, 1.82) is 0 Å². The molecule has 76 valence electrons. The lowest BCUT2D eigenvalue weighted by Crippen LogP contribution is -2.12. The molecule has 0 heterocycles. The molecule has 1 aliphatic carbocycles. The van der Waals surface area contributed by atoms with Gasteiger partial charge in [-0.1, -0.05) is 6.92 Å². The highest BCUT2D eigenvalue weighted by molar-refractivity contribution is 5.50. The molecule has 2 heteroatoms. The molecule has 1 saturated carbocycles. The van der Waals surface area contributed by atoms with E-state index in [4.69, 9.17) is 10.5 Å². The lowest BCUT2D eigenvalue weighted by Gasteiger charge is -2.14. The van der Waals surface area contributed by atoms with Gasteiger partial charge in [0.25, 0.3) is 0 Å². The monoisotopic (exact) mass is 191 g/mol. The molecule has 2 N–H and O–H groups in total. The first-order chi connectivity index (χ1) is 6.63. The average Bonchev–Trinajstić information content (AvgIpc) is 2.87. The van der Waals surface area contributed by atoms with Gasteiger partial charge in [-0.25, -0.2) is 0 Å². The van der Waals surface area contributed by atoms with E-state index >= 15 is 0 Å². The molecule has 0 aliphatic heterocycles. The number of nitrogens with two attached hydrogens (primary N) is 1. The van der Waals surface area contributed by atoms with Crippen LogP contribution in [0.4, 0.5) is 5.69 Å². The predicted molar refractivity (Wildman–Crippen MR) is 58.5 cm³/mol. The third kappa shape index (κ3) is 1.84. The summed E-state index contributed by atoms with van der Waals surface area (Å²) in [6, 6.07) is 5.94. The molecule has 0 aromatic heterocycles. The Morgan fingerprint density at radius 2 is 2.14 bits per heavy atom. The van der Waals surface area contributed by atoms with Crippen LogP contribution in [-0.4, -0.2) is 5.60 Å². The van der Waals surface area contributed by atoms with Crippen molar-refractivity contribution in [3.05, 3.63) is 23.8 Å². The van der Waals surface area contributed by atoms with E-state index in [0.29, 0.717) is 0 Å². The molecule has 14 heavy (non-hydrogen) atoms. The van der Waals surface area contributed by atoms with E-state index in [0.717, 1.165) is 17.9 Å². The molecule has 2 rings (SSSR count). The average molecular weight is 191 g/mol. The zero-order chi connectivity index (χ0) is 10.2. The van der Waals surface area contributed by atoms with Gasteiger partial charge in [-0.3, -0.25) is 0 Å². The zero-order valence-corrected chi connectivity index (χ0v) is 8.84. The molecule has 1 aromatic carbocycles. The molecule has 2 nitrogen and oxygen atoms in total. The van der Waals surface area contributed by atoms with Crippen LogP contribution in [-0.2, 0) is 6.42 Å². The Balaban J connectivity index is 2.18. The van der Waals surface area contributed by atoms with Crippen LogP contribution in [0.3, 0.4) is 0 Å². The number of hydrogen-bond donors (Lipinski definition) is 1. The summed E-state index contributed by atoms with van der Waals surface area (Å²) in [7, 11) is 0. The van der Waals surface area contributed by atoms with Gasteiger partial charge in [-0.05, 0) is 49.9 Å². The van der Waals surface area contributed by atoms with Crippen molar-refractivity contribution in [2.24, 2.45) is 0 Å². The van der Waals surface area contributed by atoms with Crippen LogP contribution in [0.2, 0.25) is 0 Å². The molecule has 1 fully saturated rings. The number of rotatable bonds is 3. The second-order valence-corrected chi connectivity index (χ2v) is 4.27. The Morgan fingerprint density at radius 3 is 2.71 bits per heavy atom. The normalized spacial score (nSPS) is 17.9. The maximum atomic E-state index is 5.85. The quantitative estimate of drug-likeness (QED) is 0.745. The van der Waals surface area contributed by atoms with Crippen molar-refractivity contribution in [2.75, 3.05) is 5.73 Å². The minimum absolute atomic E-state index is 0.0983. The van der Waals surface area contributed by atoms with Crippen LogP contribution in [0.5, 0.6) is 5.75 Å². The van der Waals surface area contributed by atoms with Crippen LogP contribution in [0, 0.1) is 0 Å². The molecule has 0 unspecified atom stereocenters. The fraction of sp³-hybridized carbons (Fsp3) is 0.500. The summed E-state index contributed by atoms with van der Waals surface area (Å²) in [6.07, 6.45) is 3.29. The minimum atomic E-state index is 0.0983. The topological polar surface area (TPSA) is 35.2 Å². The molecule has 0 radical (unpaired) electrons. The van der Waals surface area contributed by atoms with Crippen molar-refractivity contribution in [3.63, 3.8) is 0 Å². The first-order valence-electron chi connectivity index (χ1n) is 5.20. The van der Waals surface area contributed by atoms with Crippen LogP contribution >= 0.6 is 0 Å². The molecule has 1 aromatic rings. The van der Waals surface area contributed by atoms with Crippen molar-refractivity contribution >= 4 is 5.69 Å². The Labute approximate surface area is 85.1 Å². The number of benzene rings is 1. The highest BCUT2D eigenvalue weighted by Crippen LogP contribution is 2.39. The van der Waals surface area contributed by atoms with Crippen molar-refractivity contribution in [3.8, 4) is 5.75 Å². The summed E-state index contributed by atoms with van der Waals surface area (Å²) in [5.41, 5.74) is 7.96. The number of anilines is 1. The summed E-state index contributed by atoms with van der Waals surface area (Å²) in [4.78, 5) is 0. The van der Waals surface area contributed by atoms with Gasteiger partial charge in [-0.15, -0.1) is 0 Å². The van der Waals surface area contributed by atoms with Crippen molar-refractivity contribution in [1.82, 2.24) is 0 Å². The molecule has 0 spiro atoms. The van der Waals surface area contributed by atoms with Crippen LogP contribution in [0.15, 0.2) is 18.2 Å². The Bertz CT molecular complexity index is 342. The smallest absolute Gasteiger partial charge is 0.120 e. The molecule has 0 bridgehead atoms. The largest absolute Gasteiger partial charge is 0.488 e. The van der Waals surface area contributed by atoms with Gasteiger partial charge < -0.3 is 10.5 Å². The zero-order valence-electron chi connectivity index (χ0n) is 8.84. The van der Waals surface area contributed by atoms with E-state index in [1.54, 1.807) is 0 Å². The fourth-order valence-electron chi connectivity index (χ4n) is 1.51. The molecular weight excluding hydrogens is 174 g/mol. The Morgan fingerprint density at radius 1 is 1.43 bits per heavy atom. The van der Waals surface area contributed by atoms with Gasteiger partial charge in [0.15, 0.2) is 0 Å². The highest BCUT2D eigenvalue weighted by atomic mass is 16.5. The summed E-state index contributed by atoms with van der Waals surface area (Å²) in [6.45, 7) is 4.25. The fourth-order valence-corrected chi connectivity index (χ4v) is 1.51. The summed E-state index contributed by atoms with van der Waals surface area (Å²) >= 11 is 0. The van der Waals surface area contributed by atoms with E-state index in [2.05, 4.69) is 19.9 Å². The number of hydrogen-bond acceptors (Lipinski definition) is 2. The standard InChI is InChI=1S/C12H17NO/c1-3-9-8-10(4-5-11(9)13)14-12(2)6-7-12/h4-5,8H,3,6-7,13H2,1-2H3. The summed E-state index contributed by atoms with van der Waals surface area (Å²) in [5.74, 6) is 0.955. The van der Waals surface area contributed by atoms with E-state index in [-0.39, 0.29) is 5.60 Å². The highest BCUT2D eigenvalue weighted by Gasteiger charge is 2.40. The van der Waals surface area contributed by atoms with Gasteiger partial charge in [0.2, 0.25) is 0 Å². The van der Waals surface area contributed by atoms with Gasteiger partial charge in [0.1, 0.15) is 11.4 Å². The molecule has 0 amide bonds. The van der Waals surface area contributed by atoms with Crippen LogP contribution in [0.25, 0.3) is 0 Å². The molecule has 0 atom stereocenters. The Kier molecular flexibility index (Phi) is 2.14. The van der Waals surface area contributed by atoms with E-state index < -0.39 is 0 Å².